The van der Waals surface area contributed by atoms with Crippen LogP contribution in [0.3, 0.4) is 0 Å². The smallest absolute Gasteiger partial charge is 0.140 e. The molecular weight excluding hydrogens is 276 g/mol. The highest BCUT2D eigenvalue weighted by atomic mass is 16.5. The molecule has 116 valence electrons. The van der Waals surface area contributed by atoms with Gasteiger partial charge in [0, 0.05) is 38.8 Å². The molecule has 0 radical (unpaired) electrons. The number of hydrogen-bond acceptors (Lipinski definition) is 4. The minimum Gasteiger partial charge on any atom is -0.379 e. The molecule has 1 atom stereocenters. The van der Waals surface area contributed by atoms with Gasteiger partial charge in [0.25, 0.3) is 0 Å². The second-order valence-corrected chi connectivity index (χ2v) is 5.99. The molecule has 5 heteroatoms. The first kappa shape index (κ1) is 13.9. The lowest BCUT2D eigenvalue weighted by molar-refractivity contribution is 0.0136. The van der Waals surface area contributed by atoms with Crippen LogP contribution in [-0.2, 0) is 18.3 Å². The van der Waals surface area contributed by atoms with Crippen LogP contribution in [0.2, 0.25) is 0 Å². The third-order valence-corrected chi connectivity index (χ3v) is 4.71. The average molecular weight is 298 g/mol. The van der Waals surface area contributed by atoms with E-state index in [9.17, 15) is 0 Å². The van der Waals surface area contributed by atoms with Crippen LogP contribution < -0.4 is 5.32 Å². The first-order valence-electron chi connectivity index (χ1n) is 7.98. The molecule has 1 fully saturated rings. The van der Waals surface area contributed by atoms with Crippen molar-refractivity contribution in [2.75, 3.05) is 32.8 Å². The second kappa shape index (κ2) is 5.83. The number of fused-ring (bicyclic) bond motifs is 1. The van der Waals surface area contributed by atoms with Crippen molar-refractivity contribution in [1.82, 2.24) is 19.8 Å². The lowest BCUT2D eigenvalue weighted by atomic mass is 10.1. The van der Waals surface area contributed by atoms with Crippen LogP contribution in [-0.4, -0.2) is 47.3 Å². The Morgan fingerprint density at radius 2 is 1.95 bits per heavy atom. The molecule has 0 bridgehead atoms. The Morgan fingerprint density at radius 3 is 2.73 bits per heavy atom. The monoisotopic (exact) mass is 298 g/mol. The molecular formula is C17H22N4O. The van der Waals surface area contributed by atoms with E-state index in [1.165, 1.54) is 17.0 Å². The number of nitrogens with one attached hydrogen (secondary N) is 1. The third-order valence-electron chi connectivity index (χ3n) is 4.71. The summed E-state index contributed by atoms with van der Waals surface area (Å²) in [5.74, 6) is 1.06. The summed E-state index contributed by atoms with van der Waals surface area (Å²) >= 11 is 0. The van der Waals surface area contributed by atoms with Crippen molar-refractivity contribution in [2.45, 2.75) is 12.6 Å². The van der Waals surface area contributed by atoms with Gasteiger partial charge < -0.3 is 14.6 Å². The maximum atomic E-state index is 5.49. The molecule has 0 amide bonds. The molecule has 0 saturated carbocycles. The number of aromatic nitrogens is 2. The number of nitrogens with zero attached hydrogens (tertiary/aromatic N) is 3. The Labute approximate surface area is 130 Å². The molecule has 0 aliphatic carbocycles. The molecule has 0 spiro atoms. The molecule has 2 aliphatic rings. The van der Waals surface area contributed by atoms with Gasteiger partial charge in [-0.05, 0) is 0 Å². The Balaban J connectivity index is 1.72. The normalized spacial score (nSPS) is 22.5. The van der Waals surface area contributed by atoms with Crippen LogP contribution in [0.5, 0.6) is 0 Å². The van der Waals surface area contributed by atoms with Crippen molar-refractivity contribution >= 4 is 0 Å². The molecule has 2 aliphatic heterocycles. The molecule has 1 N–H and O–H groups in total. The van der Waals surface area contributed by atoms with E-state index in [0.29, 0.717) is 6.04 Å². The van der Waals surface area contributed by atoms with Crippen LogP contribution in [0, 0.1) is 0 Å². The van der Waals surface area contributed by atoms with Crippen molar-refractivity contribution in [3.8, 4) is 11.4 Å². The maximum absolute atomic E-state index is 5.49. The zero-order valence-electron chi connectivity index (χ0n) is 13.0. The van der Waals surface area contributed by atoms with E-state index < -0.39 is 0 Å². The van der Waals surface area contributed by atoms with Gasteiger partial charge in [-0.2, -0.15) is 0 Å². The summed E-state index contributed by atoms with van der Waals surface area (Å²) in [5.41, 5.74) is 3.73. The molecule has 1 saturated heterocycles. The number of ether oxygens (including phenoxy) is 1. The Bertz CT molecular complexity index is 646. The van der Waals surface area contributed by atoms with Crippen molar-refractivity contribution in [2.24, 2.45) is 7.05 Å². The number of benzene rings is 1. The van der Waals surface area contributed by atoms with E-state index in [2.05, 4.69) is 46.1 Å². The lowest BCUT2D eigenvalue weighted by Gasteiger charge is -2.36. The summed E-state index contributed by atoms with van der Waals surface area (Å²) in [4.78, 5) is 7.51. The predicted molar refractivity (Wildman–Crippen MR) is 85.5 cm³/mol. The van der Waals surface area contributed by atoms with E-state index in [4.69, 9.17) is 9.72 Å². The van der Waals surface area contributed by atoms with Crippen molar-refractivity contribution in [3.05, 3.63) is 41.7 Å². The van der Waals surface area contributed by atoms with Crippen LogP contribution in [0.4, 0.5) is 0 Å². The SMILES string of the molecule is Cn1c(-c2ccccc2)nc2c1CNCC2N1CCOCC1. The van der Waals surface area contributed by atoms with E-state index >= 15 is 0 Å². The molecule has 3 heterocycles. The number of imidazole rings is 1. The fraction of sp³-hybridized carbons (Fsp3) is 0.471. The highest BCUT2D eigenvalue weighted by Crippen LogP contribution is 2.30. The van der Waals surface area contributed by atoms with Crippen LogP contribution in [0.1, 0.15) is 17.4 Å². The molecule has 5 nitrogen and oxygen atoms in total. The summed E-state index contributed by atoms with van der Waals surface area (Å²) in [7, 11) is 2.12. The van der Waals surface area contributed by atoms with Crippen molar-refractivity contribution in [3.63, 3.8) is 0 Å². The first-order chi connectivity index (χ1) is 10.8. The molecule has 2 aromatic rings. The quantitative estimate of drug-likeness (QED) is 0.914. The average Bonchev–Trinajstić information content (AvgIpc) is 2.94. The predicted octanol–water partition coefficient (Wildman–Crippen LogP) is 1.56. The minimum absolute atomic E-state index is 0.358. The first-order valence-corrected chi connectivity index (χ1v) is 7.98. The van der Waals surface area contributed by atoms with Crippen LogP contribution in [0.15, 0.2) is 30.3 Å². The zero-order chi connectivity index (χ0) is 14.9. The van der Waals surface area contributed by atoms with Crippen molar-refractivity contribution < 1.29 is 4.74 Å². The summed E-state index contributed by atoms with van der Waals surface area (Å²) < 4.78 is 7.73. The van der Waals surface area contributed by atoms with Gasteiger partial charge in [0.15, 0.2) is 0 Å². The molecule has 4 rings (SSSR count). The summed E-state index contributed by atoms with van der Waals surface area (Å²) in [6.45, 7) is 5.49. The topological polar surface area (TPSA) is 42.3 Å². The van der Waals surface area contributed by atoms with Gasteiger partial charge in [-0.3, -0.25) is 4.90 Å². The Hall–Kier alpha value is -1.69. The highest BCUT2D eigenvalue weighted by molar-refractivity contribution is 5.57. The van der Waals surface area contributed by atoms with E-state index in [1.54, 1.807) is 0 Å². The summed E-state index contributed by atoms with van der Waals surface area (Å²) in [6.07, 6.45) is 0. The Morgan fingerprint density at radius 1 is 1.18 bits per heavy atom. The maximum Gasteiger partial charge on any atom is 0.140 e. The molecule has 1 aromatic heterocycles. The van der Waals surface area contributed by atoms with Crippen LogP contribution in [0.25, 0.3) is 11.4 Å². The standard InChI is InChI=1S/C17H22N4O/c1-20-14-11-18-12-15(21-7-9-22-10-8-21)16(14)19-17(20)13-5-3-2-4-6-13/h2-6,15,18H,7-12H2,1H3. The van der Waals surface area contributed by atoms with Gasteiger partial charge in [0.1, 0.15) is 5.82 Å². The summed E-state index contributed by atoms with van der Waals surface area (Å²) in [6, 6.07) is 10.8. The third kappa shape index (κ3) is 2.35. The van der Waals surface area contributed by atoms with Gasteiger partial charge >= 0.3 is 0 Å². The lowest BCUT2D eigenvalue weighted by Crippen LogP contribution is -2.45. The second-order valence-electron chi connectivity index (χ2n) is 5.99. The van der Waals surface area contributed by atoms with Gasteiger partial charge in [-0.15, -0.1) is 0 Å². The number of hydrogen-bond donors (Lipinski definition) is 1. The van der Waals surface area contributed by atoms with E-state index in [0.717, 1.165) is 45.2 Å². The van der Waals surface area contributed by atoms with Gasteiger partial charge in [-0.1, -0.05) is 30.3 Å². The Kier molecular flexibility index (Phi) is 3.70. The molecule has 1 unspecified atom stereocenters. The van der Waals surface area contributed by atoms with Crippen LogP contribution >= 0.6 is 0 Å². The van der Waals surface area contributed by atoms with Gasteiger partial charge in [0.05, 0.1) is 30.6 Å². The largest absolute Gasteiger partial charge is 0.379 e. The minimum atomic E-state index is 0.358. The van der Waals surface area contributed by atoms with Crippen molar-refractivity contribution in [1.29, 1.82) is 0 Å². The van der Waals surface area contributed by atoms with E-state index in [1.807, 2.05) is 6.07 Å². The molecule has 22 heavy (non-hydrogen) atoms. The highest BCUT2D eigenvalue weighted by Gasteiger charge is 2.31. The fourth-order valence-electron chi connectivity index (χ4n) is 3.49. The molecule has 1 aromatic carbocycles. The fourth-order valence-corrected chi connectivity index (χ4v) is 3.49. The number of morpholine rings is 1. The zero-order valence-corrected chi connectivity index (χ0v) is 13.0. The van der Waals surface area contributed by atoms with Gasteiger partial charge in [-0.25, -0.2) is 4.98 Å². The summed E-state index contributed by atoms with van der Waals surface area (Å²) in [5, 5.41) is 3.55. The van der Waals surface area contributed by atoms with Gasteiger partial charge in [0.2, 0.25) is 0 Å². The van der Waals surface area contributed by atoms with E-state index in [-0.39, 0.29) is 0 Å². The number of rotatable bonds is 2.